The molecule has 2 aromatic carbocycles. The molecule has 2 aromatic rings. The Morgan fingerprint density at radius 3 is 2.74 bits per heavy atom. The summed E-state index contributed by atoms with van der Waals surface area (Å²) in [6.45, 7) is 1.18. The van der Waals surface area contributed by atoms with Crippen molar-refractivity contribution in [1.29, 1.82) is 0 Å². The summed E-state index contributed by atoms with van der Waals surface area (Å²) >= 11 is 0. The summed E-state index contributed by atoms with van der Waals surface area (Å²) in [7, 11) is -3.75. The van der Waals surface area contributed by atoms with Crippen molar-refractivity contribution in [3.05, 3.63) is 65.7 Å². The van der Waals surface area contributed by atoms with E-state index in [-0.39, 0.29) is 23.5 Å². The van der Waals surface area contributed by atoms with Gasteiger partial charge in [0, 0.05) is 12.1 Å². The maximum Gasteiger partial charge on any atom is 0.254 e. The fourth-order valence-corrected chi connectivity index (χ4v) is 3.88. The van der Waals surface area contributed by atoms with Crippen LogP contribution in [0, 0.1) is 12.3 Å². The highest BCUT2D eigenvalue weighted by molar-refractivity contribution is 7.89. The molecule has 0 saturated carbocycles. The quantitative estimate of drug-likeness (QED) is 0.798. The zero-order valence-electron chi connectivity index (χ0n) is 14.7. The van der Waals surface area contributed by atoms with Crippen LogP contribution in [0.4, 0.5) is 0 Å². The lowest BCUT2D eigenvalue weighted by molar-refractivity contribution is -0.0228. The van der Waals surface area contributed by atoms with Gasteiger partial charge in [-0.15, -0.1) is 6.42 Å². The largest absolute Gasteiger partial charge is 0.370 e. The van der Waals surface area contributed by atoms with Gasteiger partial charge in [-0.2, -0.15) is 4.72 Å². The standard InChI is InChI=1S/C20H20N2O4S/c1-2-11-21-27(24,25)18-10-6-9-17(14-18)20(23)22-12-13-26-19(15-22)16-7-4-3-5-8-16/h1,3-10,14,19,21H,11-13,15H2. The summed E-state index contributed by atoms with van der Waals surface area (Å²) in [6.07, 6.45) is 4.90. The summed E-state index contributed by atoms with van der Waals surface area (Å²) in [6, 6.07) is 15.7. The van der Waals surface area contributed by atoms with Gasteiger partial charge in [0.25, 0.3) is 5.91 Å². The lowest BCUT2D eigenvalue weighted by atomic mass is 10.1. The monoisotopic (exact) mass is 384 g/mol. The van der Waals surface area contributed by atoms with E-state index in [0.717, 1.165) is 5.56 Å². The molecule has 0 bridgehead atoms. The molecule has 0 aliphatic carbocycles. The first-order valence-electron chi connectivity index (χ1n) is 8.50. The summed E-state index contributed by atoms with van der Waals surface area (Å²) in [5.41, 5.74) is 1.32. The predicted molar refractivity (Wildman–Crippen MR) is 102 cm³/mol. The molecule has 3 rings (SSSR count). The fraction of sp³-hybridized carbons (Fsp3) is 0.250. The van der Waals surface area contributed by atoms with E-state index in [1.54, 1.807) is 17.0 Å². The van der Waals surface area contributed by atoms with E-state index in [4.69, 9.17) is 11.2 Å². The second-order valence-electron chi connectivity index (χ2n) is 6.08. The van der Waals surface area contributed by atoms with Crippen LogP contribution in [-0.2, 0) is 14.8 Å². The Morgan fingerprint density at radius 1 is 1.22 bits per heavy atom. The van der Waals surface area contributed by atoms with E-state index >= 15 is 0 Å². The Kier molecular flexibility index (Phi) is 5.91. The number of carbonyl (C=O) groups is 1. The average Bonchev–Trinajstić information content (AvgIpc) is 2.72. The van der Waals surface area contributed by atoms with Crippen LogP contribution in [0.1, 0.15) is 22.0 Å². The van der Waals surface area contributed by atoms with Crippen molar-refractivity contribution in [2.75, 3.05) is 26.2 Å². The summed E-state index contributed by atoms with van der Waals surface area (Å²) < 4.78 is 32.5. The van der Waals surface area contributed by atoms with Crippen LogP contribution in [0.5, 0.6) is 0 Å². The van der Waals surface area contributed by atoms with Crippen molar-refractivity contribution in [2.45, 2.75) is 11.0 Å². The Hall–Kier alpha value is -2.66. The van der Waals surface area contributed by atoms with Gasteiger partial charge >= 0.3 is 0 Å². The van der Waals surface area contributed by atoms with E-state index in [2.05, 4.69) is 10.6 Å². The third-order valence-corrected chi connectivity index (χ3v) is 5.68. The van der Waals surface area contributed by atoms with Crippen LogP contribution < -0.4 is 4.72 Å². The minimum Gasteiger partial charge on any atom is -0.370 e. The third-order valence-electron chi connectivity index (χ3n) is 4.28. The van der Waals surface area contributed by atoms with Gasteiger partial charge in [-0.05, 0) is 23.8 Å². The van der Waals surface area contributed by atoms with Gasteiger partial charge in [-0.25, -0.2) is 8.42 Å². The van der Waals surface area contributed by atoms with Gasteiger partial charge in [-0.3, -0.25) is 4.79 Å². The Labute approximate surface area is 159 Å². The number of nitrogens with zero attached hydrogens (tertiary/aromatic N) is 1. The number of benzene rings is 2. The molecule has 1 aliphatic rings. The lowest BCUT2D eigenvalue weighted by Gasteiger charge is -2.33. The first-order valence-corrected chi connectivity index (χ1v) is 9.98. The summed E-state index contributed by atoms with van der Waals surface area (Å²) in [5, 5.41) is 0. The molecule has 1 unspecified atom stereocenters. The van der Waals surface area contributed by atoms with Crippen molar-refractivity contribution in [1.82, 2.24) is 9.62 Å². The van der Waals surface area contributed by atoms with Crippen molar-refractivity contribution in [2.24, 2.45) is 0 Å². The normalized spacial score (nSPS) is 17.3. The van der Waals surface area contributed by atoms with Crippen LogP contribution in [-0.4, -0.2) is 45.5 Å². The highest BCUT2D eigenvalue weighted by Crippen LogP contribution is 2.23. The summed E-state index contributed by atoms with van der Waals surface area (Å²) in [4.78, 5) is 14.6. The number of sulfonamides is 1. The first-order chi connectivity index (χ1) is 13.0. The summed E-state index contributed by atoms with van der Waals surface area (Å²) in [5.74, 6) is 2.00. The molecule has 0 radical (unpaired) electrons. The molecule has 27 heavy (non-hydrogen) atoms. The first kappa shape index (κ1) is 19.1. The van der Waals surface area contributed by atoms with Crippen LogP contribution >= 0.6 is 0 Å². The van der Waals surface area contributed by atoms with E-state index in [1.807, 2.05) is 30.3 Å². The highest BCUT2D eigenvalue weighted by Gasteiger charge is 2.26. The molecular formula is C20H20N2O4S. The molecular weight excluding hydrogens is 364 g/mol. The second kappa shape index (κ2) is 8.35. The molecule has 1 atom stereocenters. The third kappa shape index (κ3) is 4.55. The second-order valence-corrected chi connectivity index (χ2v) is 7.84. The van der Waals surface area contributed by atoms with Crippen molar-refractivity contribution >= 4 is 15.9 Å². The molecule has 140 valence electrons. The van der Waals surface area contributed by atoms with Crippen molar-refractivity contribution in [3.8, 4) is 12.3 Å². The number of hydrogen-bond acceptors (Lipinski definition) is 4. The fourth-order valence-electron chi connectivity index (χ4n) is 2.90. The van der Waals surface area contributed by atoms with Crippen LogP contribution in [0.15, 0.2) is 59.5 Å². The minimum absolute atomic E-state index is 0.0106. The van der Waals surface area contributed by atoms with Crippen LogP contribution in [0.2, 0.25) is 0 Å². The van der Waals surface area contributed by atoms with Crippen LogP contribution in [0.25, 0.3) is 0 Å². The number of nitrogens with one attached hydrogen (secondary N) is 1. The van der Waals surface area contributed by atoms with E-state index in [0.29, 0.717) is 25.3 Å². The zero-order valence-corrected chi connectivity index (χ0v) is 15.5. The molecule has 1 heterocycles. The van der Waals surface area contributed by atoms with Gasteiger partial charge in [0.15, 0.2) is 0 Å². The van der Waals surface area contributed by atoms with Gasteiger partial charge in [0.05, 0.1) is 24.6 Å². The predicted octanol–water partition coefficient (Wildman–Crippen LogP) is 1.81. The SMILES string of the molecule is C#CCNS(=O)(=O)c1cccc(C(=O)N2CCOC(c3ccccc3)C2)c1. The van der Waals surface area contributed by atoms with Crippen LogP contribution in [0.3, 0.4) is 0 Å². The average molecular weight is 384 g/mol. The highest BCUT2D eigenvalue weighted by atomic mass is 32.2. The molecule has 0 spiro atoms. The maximum absolute atomic E-state index is 12.9. The van der Waals surface area contributed by atoms with Crippen molar-refractivity contribution < 1.29 is 17.9 Å². The Bertz CT molecular complexity index is 951. The van der Waals surface area contributed by atoms with E-state index in [9.17, 15) is 13.2 Å². The van der Waals surface area contributed by atoms with E-state index in [1.165, 1.54) is 12.1 Å². The number of amides is 1. The van der Waals surface area contributed by atoms with E-state index < -0.39 is 10.0 Å². The van der Waals surface area contributed by atoms with Gasteiger partial charge < -0.3 is 9.64 Å². The Balaban J connectivity index is 1.78. The van der Waals surface area contributed by atoms with Gasteiger partial charge in [0.1, 0.15) is 6.10 Å². The molecule has 1 fully saturated rings. The van der Waals surface area contributed by atoms with Gasteiger partial charge in [0.2, 0.25) is 10.0 Å². The molecule has 1 aliphatic heterocycles. The zero-order chi connectivity index (χ0) is 19.3. The maximum atomic E-state index is 12.9. The number of rotatable bonds is 5. The van der Waals surface area contributed by atoms with Crippen molar-refractivity contribution in [3.63, 3.8) is 0 Å². The number of ether oxygens (including phenoxy) is 1. The number of terminal acetylenes is 1. The molecule has 1 saturated heterocycles. The lowest BCUT2D eigenvalue weighted by Crippen LogP contribution is -2.42. The molecule has 1 amide bonds. The number of carbonyl (C=O) groups excluding carboxylic acids is 1. The molecule has 1 N–H and O–H groups in total. The number of morpholine rings is 1. The topological polar surface area (TPSA) is 75.7 Å². The number of hydrogen-bond donors (Lipinski definition) is 1. The van der Waals surface area contributed by atoms with Gasteiger partial charge in [-0.1, -0.05) is 42.3 Å². The smallest absolute Gasteiger partial charge is 0.254 e. The molecule has 0 aromatic heterocycles. The Morgan fingerprint density at radius 2 is 2.00 bits per heavy atom. The molecule has 6 nitrogen and oxygen atoms in total. The molecule has 7 heteroatoms. The minimum atomic E-state index is -3.75.